The molecule has 38 heavy (non-hydrogen) atoms. The number of likely N-dealkylation sites (tertiary alicyclic amines) is 2. The molecule has 0 aromatic heterocycles. The maximum atomic E-state index is 12.9. The first-order chi connectivity index (χ1) is 18.5. The van der Waals surface area contributed by atoms with Crippen molar-refractivity contribution in [1.82, 2.24) is 20.4 Å². The van der Waals surface area contributed by atoms with Gasteiger partial charge in [-0.15, -0.1) is 0 Å². The Balaban J connectivity index is 1.04. The van der Waals surface area contributed by atoms with Gasteiger partial charge in [-0.1, -0.05) is 6.07 Å². The first-order valence-corrected chi connectivity index (χ1v) is 14.5. The van der Waals surface area contributed by atoms with E-state index in [9.17, 15) is 14.4 Å². The lowest BCUT2D eigenvalue weighted by Gasteiger charge is -2.41. The van der Waals surface area contributed by atoms with Crippen molar-refractivity contribution in [2.45, 2.75) is 51.9 Å². The normalized spacial score (nSPS) is 23.0. The summed E-state index contributed by atoms with van der Waals surface area (Å²) in [6, 6.07) is 5.06. The number of benzene rings is 1. The second-order valence-corrected chi connectivity index (χ2v) is 11.5. The Morgan fingerprint density at radius 1 is 0.947 bits per heavy atom. The first-order valence-electron chi connectivity index (χ1n) is 14.5. The van der Waals surface area contributed by atoms with Crippen molar-refractivity contribution in [3.8, 4) is 5.75 Å². The highest BCUT2D eigenvalue weighted by atomic mass is 16.5. The van der Waals surface area contributed by atoms with E-state index in [1.165, 1.54) is 58.4 Å². The van der Waals surface area contributed by atoms with Gasteiger partial charge in [0, 0.05) is 38.7 Å². The molecule has 208 valence electrons. The summed E-state index contributed by atoms with van der Waals surface area (Å²) in [5.41, 5.74) is 1.61. The van der Waals surface area contributed by atoms with E-state index in [0.29, 0.717) is 18.0 Å². The fourth-order valence-corrected chi connectivity index (χ4v) is 6.66. The Morgan fingerprint density at radius 2 is 1.63 bits per heavy atom. The lowest BCUT2D eigenvalue weighted by Crippen LogP contribution is -2.49. The molecule has 4 saturated heterocycles. The molecule has 0 radical (unpaired) electrons. The molecule has 0 aliphatic carbocycles. The number of imide groups is 1. The summed E-state index contributed by atoms with van der Waals surface area (Å²) in [6.45, 7) is 9.95. The summed E-state index contributed by atoms with van der Waals surface area (Å²) in [4.78, 5) is 42.9. The monoisotopic (exact) mass is 525 g/mol. The van der Waals surface area contributed by atoms with E-state index in [4.69, 9.17) is 4.74 Å². The minimum atomic E-state index is -0.423. The van der Waals surface area contributed by atoms with Gasteiger partial charge in [-0.2, -0.15) is 0 Å². The molecule has 4 amide bonds. The molecular formula is C29H43N5O4. The average molecular weight is 526 g/mol. The predicted molar refractivity (Wildman–Crippen MR) is 146 cm³/mol. The number of rotatable bonds is 7. The molecule has 4 aliphatic heterocycles. The van der Waals surface area contributed by atoms with Crippen molar-refractivity contribution in [3.63, 3.8) is 0 Å². The van der Waals surface area contributed by atoms with Crippen molar-refractivity contribution < 1.29 is 19.1 Å². The molecule has 4 aliphatic rings. The van der Waals surface area contributed by atoms with E-state index in [1.807, 2.05) is 24.0 Å². The maximum Gasteiger partial charge on any atom is 0.328 e. The molecule has 1 aromatic rings. The van der Waals surface area contributed by atoms with Gasteiger partial charge < -0.3 is 19.9 Å². The summed E-state index contributed by atoms with van der Waals surface area (Å²) in [5, 5.41) is 5.83. The van der Waals surface area contributed by atoms with Gasteiger partial charge in [0.05, 0.1) is 5.69 Å². The van der Waals surface area contributed by atoms with E-state index < -0.39 is 6.03 Å². The highest BCUT2D eigenvalue weighted by Crippen LogP contribution is 2.33. The van der Waals surface area contributed by atoms with E-state index in [1.54, 1.807) is 11.0 Å². The fourth-order valence-electron chi connectivity index (χ4n) is 6.66. The van der Waals surface area contributed by atoms with E-state index in [2.05, 4.69) is 15.5 Å². The Morgan fingerprint density at radius 3 is 2.32 bits per heavy atom. The molecule has 1 aromatic carbocycles. The van der Waals surface area contributed by atoms with Crippen LogP contribution >= 0.6 is 0 Å². The van der Waals surface area contributed by atoms with Gasteiger partial charge in [0.2, 0.25) is 5.91 Å². The zero-order chi connectivity index (χ0) is 26.5. The number of piperidine rings is 3. The summed E-state index contributed by atoms with van der Waals surface area (Å²) < 4.78 is 5.86. The standard InChI is InChI=1S/C29H43N5O4/c1-21-2-3-25(18-26(21)34-17-10-27(35)31-29(34)37)38-20-28(36)33-15-8-24(9-16-33)23-6-13-32(14-7-23)19-22-4-11-30-12-5-22/h2-3,18,22-24,30H,4-17,19-20H2,1H3,(H,31,35,37). The molecule has 0 saturated carbocycles. The maximum absolute atomic E-state index is 12.9. The van der Waals surface area contributed by atoms with Gasteiger partial charge in [-0.25, -0.2) is 4.79 Å². The van der Waals surface area contributed by atoms with Gasteiger partial charge >= 0.3 is 6.03 Å². The number of anilines is 1. The predicted octanol–water partition coefficient (Wildman–Crippen LogP) is 2.77. The molecule has 4 heterocycles. The molecule has 9 nitrogen and oxygen atoms in total. The first kappa shape index (κ1) is 26.9. The summed E-state index contributed by atoms with van der Waals surface area (Å²) in [6.07, 6.45) is 7.67. The van der Waals surface area contributed by atoms with Crippen LogP contribution in [-0.2, 0) is 9.59 Å². The zero-order valence-corrected chi connectivity index (χ0v) is 22.8. The van der Waals surface area contributed by atoms with Crippen LogP contribution in [0.1, 0.15) is 50.5 Å². The highest BCUT2D eigenvalue weighted by Gasteiger charge is 2.32. The van der Waals surface area contributed by atoms with Crippen LogP contribution in [-0.4, -0.2) is 86.6 Å². The van der Waals surface area contributed by atoms with Crippen LogP contribution in [0.25, 0.3) is 0 Å². The molecule has 0 unspecified atom stereocenters. The van der Waals surface area contributed by atoms with Crippen LogP contribution in [0.3, 0.4) is 0 Å². The van der Waals surface area contributed by atoms with Gasteiger partial charge in [-0.05, 0) is 101 Å². The third kappa shape index (κ3) is 6.67. The third-order valence-electron chi connectivity index (χ3n) is 9.05. The van der Waals surface area contributed by atoms with Crippen LogP contribution in [0, 0.1) is 24.7 Å². The number of nitrogens with one attached hydrogen (secondary N) is 2. The lowest BCUT2D eigenvalue weighted by molar-refractivity contribution is -0.135. The molecule has 0 bridgehead atoms. The highest BCUT2D eigenvalue weighted by molar-refractivity contribution is 6.06. The third-order valence-corrected chi connectivity index (χ3v) is 9.05. The minimum Gasteiger partial charge on any atom is -0.484 e. The number of carbonyl (C=O) groups is 3. The van der Waals surface area contributed by atoms with Gasteiger partial charge in [0.25, 0.3) is 5.91 Å². The van der Waals surface area contributed by atoms with Crippen molar-refractivity contribution >= 4 is 23.5 Å². The molecule has 0 atom stereocenters. The minimum absolute atomic E-state index is 0.00702. The van der Waals surface area contributed by atoms with E-state index >= 15 is 0 Å². The lowest BCUT2D eigenvalue weighted by atomic mass is 9.78. The van der Waals surface area contributed by atoms with Gasteiger partial charge in [0.15, 0.2) is 6.61 Å². The van der Waals surface area contributed by atoms with Crippen molar-refractivity contribution in [2.75, 3.05) is 63.9 Å². The van der Waals surface area contributed by atoms with Gasteiger partial charge in [0.1, 0.15) is 5.75 Å². The Kier molecular flexibility index (Phi) is 8.84. The second kappa shape index (κ2) is 12.5. The summed E-state index contributed by atoms with van der Waals surface area (Å²) >= 11 is 0. The number of urea groups is 1. The number of ether oxygens (including phenoxy) is 1. The summed E-state index contributed by atoms with van der Waals surface area (Å²) in [5.74, 6) is 2.69. The van der Waals surface area contributed by atoms with Crippen molar-refractivity contribution in [3.05, 3.63) is 23.8 Å². The Bertz CT molecular complexity index is 995. The number of carbonyl (C=O) groups excluding carboxylic acids is 3. The van der Waals surface area contributed by atoms with Crippen LogP contribution < -0.4 is 20.3 Å². The SMILES string of the molecule is Cc1ccc(OCC(=O)N2CCC(C3CCN(CC4CCNCC4)CC3)CC2)cc1N1CCC(=O)NC1=O. The van der Waals surface area contributed by atoms with Crippen LogP contribution in [0.15, 0.2) is 18.2 Å². The smallest absolute Gasteiger partial charge is 0.328 e. The molecule has 9 heteroatoms. The molecular weight excluding hydrogens is 482 g/mol. The van der Waals surface area contributed by atoms with Crippen LogP contribution in [0.5, 0.6) is 5.75 Å². The number of hydrogen-bond acceptors (Lipinski definition) is 6. The van der Waals surface area contributed by atoms with Crippen LogP contribution in [0.4, 0.5) is 10.5 Å². The molecule has 5 rings (SSSR count). The fraction of sp³-hybridized carbons (Fsp3) is 0.690. The molecule has 0 spiro atoms. The van der Waals surface area contributed by atoms with Gasteiger partial charge in [-0.3, -0.25) is 19.8 Å². The second-order valence-electron chi connectivity index (χ2n) is 11.5. The average Bonchev–Trinajstić information content (AvgIpc) is 2.94. The number of amides is 4. The number of nitrogens with zero attached hydrogens (tertiary/aromatic N) is 3. The van der Waals surface area contributed by atoms with E-state index in [-0.39, 0.29) is 24.8 Å². The molecule has 4 fully saturated rings. The number of hydrogen-bond donors (Lipinski definition) is 2. The van der Waals surface area contributed by atoms with Crippen LogP contribution in [0.2, 0.25) is 0 Å². The Labute approximate surface area is 226 Å². The van der Waals surface area contributed by atoms with Crippen molar-refractivity contribution in [1.29, 1.82) is 0 Å². The molecule has 2 N–H and O–H groups in total. The topological polar surface area (TPSA) is 94.2 Å². The quantitative estimate of drug-likeness (QED) is 0.569. The Hall–Kier alpha value is -2.65. The zero-order valence-electron chi connectivity index (χ0n) is 22.8. The largest absolute Gasteiger partial charge is 0.484 e. The van der Waals surface area contributed by atoms with E-state index in [0.717, 1.165) is 49.2 Å². The van der Waals surface area contributed by atoms with Crippen molar-refractivity contribution in [2.24, 2.45) is 17.8 Å². The number of aryl methyl sites for hydroxylation is 1. The summed E-state index contributed by atoms with van der Waals surface area (Å²) in [7, 11) is 0.